The maximum absolute atomic E-state index is 12.9. The zero-order valence-electron chi connectivity index (χ0n) is 24.3. The number of carbonyl (C=O) groups is 1. The predicted octanol–water partition coefficient (Wildman–Crippen LogP) is -1.54. The largest absolute Gasteiger partial charge is 0.390 e. The molecule has 0 spiro atoms. The molecule has 0 aromatic rings. The standard InChI is InChI=1S/C27H51N3O10/c1-6-8-17(31)18(32)24(35)30-16-11-13(3)21(39-25-15(28)10-9-14(7-2)38-25)19(33)22(16)40-26-20(34)23(29-5)27(4,36)12-37-26/h13-23,25-26,29,31-34,36H,6-12,28H2,1-5H3,(H,30,35)/t13-,14+,15?,16+,17-,18-,19?,20?,21?,22?,23+,25+,26+,27?/m0/s1. The quantitative estimate of drug-likeness (QED) is 0.141. The molecule has 3 fully saturated rings. The van der Waals surface area contributed by atoms with Gasteiger partial charge in [-0.15, -0.1) is 0 Å². The van der Waals surface area contributed by atoms with Crippen molar-refractivity contribution in [1.82, 2.24) is 10.6 Å². The Bertz CT molecular complexity index is 807. The monoisotopic (exact) mass is 577 g/mol. The molecule has 1 amide bonds. The van der Waals surface area contributed by atoms with Crippen LogP contribution in [0.25, 0.3) is 0 Å². The Balaban J connectivity index is 1.82. The minimum absolute atomic E-state index is 0.00647. The second-order valence-corrected chi connectivity index (χ2v) is 11.9. The first-order valence-electron chi connectivity index (χ1n) is 14.6. The predicted molar refractivity (Wildman–Crippen MR) is 144 cm³/mol. The number of nitrogens with two attached hydrogens (primary N) is 1. The number of likely N-dealkylation sites (N-methyl/N-ethyl adjacent to an activating group) is 1. The van der Waals surface area contributed by atoms with Crippen LogP contribution in [0.4, 0.5) is 0 Å². The fourth-order valence-electron chi connectivity index (χ4n) is 6.04. The minimum Gasteiger partial charge on any atom is -0.390 e. The third kappa shape index (κ3) is 7.70. The number of hydrogen-bond acceptors (Lipinski definition) is 12. The van der Waals surface area contributed by atoms with Crippen LogP contribution >= 0.6 is 0 Å². The summed E-state index contributed by atoms with van der Waals surface area (Å²) in [5.74, 6) is -1.10. The summed E-state index contributed by atoms with van der Waals surface area (Å²) in [6.45, 7) is 7.08. The zero-order chi connectivity index (χ0) is 29.8. The Morgan fingerprint density at radius 2 is 1.80 bits per heavy atom. The van der Waals surface area contributed by atoms with Crippen LogP contribution < -0.4 is 16.4 Å². The molecule has 40 heavy (non-hydrogen) atoms. The van der Waals surface area contributed by atoms with Crippen molar-refractivity contribution in [2.45, 2.75) is 145 Å². The Morgan fingerprint density at radius 1 is 1.12 bits per heavy atom. The Labute approximate surface area is 236 Å². The van der Waals surface area contributed by atoms with E-state index in [0.717, 1.165) is 12.8 Å². The van der Waals surface area contributed by atoms with Gasteiger partial charge in [0.15, 0.2) is 18.7 Å². The highest BCUT2D eigenvalue weighted by atomic mass is 16.7. The van der Waals surface area contributed by atoms with Crippen molar-refractivity contribution in [3.63, 3.8) is 0 Å². The van der Waals surface area contributed by atoms with E-state index in [1.54, 1.807) is 7.05 Å². The van der Waals surface area contributed by atoms with E-state index in [2.05, 4.69) is 10.6 Å². The van der Waals surface area contributed by atoms with Crippen LogP contribution in [0.15, 0.2) is 0 Å². The normalized spacial score (nSPS) is 44.1. The first kappa shape index (κ1) is 33.5. The third-order valence-electron chi connectivity index (χ3n) is 8.48. The fourth-order valence-corrected chi connectivity index (χ4v) is 6.04. The van der Waals surface area contributed by atoms with E-state index >= 15 is 0 Å². The molecule has 9 N–H and O–H groups in total. The molecule has 3 aliphatic rings. The van der Waals surface area contributed by atoms with Crippen molar-refractivity contribution in [2.24, 2.45) is 11.7 Å². The molecule has 6 unspecified atom stereocenters. The number of rotatable bonds is 11. The molecule has 0 aromatic heterocycles. The smallest absolute Gasteiger partial charge is 0.251 e. The van der Waals surface area contributed by atoms with Gasteiger partial charge in [0.2, 0.25) is 0 Å². The summed E-state index contributed by atoms with van der Waals surface area (Å²) < 4.78 is 24.1. The van der Waals surface area contributed by atoms with Crippen LogP contribution in [0.2, 0.25) is 0 Å². The van der Waals surface area contributed by atoms with Gasteiger partial charge in [0.1, 0.15) is 23.9 Å². The minimum atomic E-state index is -1.66. The fraction of sp³-hybridized carbons (Fsp3) is 0.963. The summed E-state index contributed by atoms with van der Waals surface area (Å²) in [7, 11) is 1.59. The number of nitrogens with one attached hydrogen (secondary N) is 2. The molecule has 2 aliphatic heterocycles. The van der Waals surface area contributed by atoms with Crippen molar-refractivity contribution < 1.29 is 49.3 Å². The number of ether oxygens (including phenoxy) is 4. The zero-order valence-corrected chi connectivity index (χ0v) is 24.3. The second-order valence-electron chi connectivity index (χ2n) is 11.9. The van der Waals surface area contributed by atoms with Crippen LogP contribution in [0.3, 0.4) is 0 Å². The Kier molecular flexibility index (Phi) is 12.1. The molecule has 3 rings (SSSR count). The van der Waals surface area contributed by atoms with Gasteiger partial charge < -0.3 is 60.8 Å². The van der Waals surface area contributed by atoms with Gasteiger partial charge >= 0.3 is 0 Å². The summed E-state index contributed by atoms with van der Waals surface area (Å²) >= 11 is 0. The van der Waals surface area contributed by atoms with E-state index in [0.29, 0.717) is 12.8 Å². The lowest BCUT2D eigenvalue weighted by molar-refractivity contribution is -0.311. The Morgan fingerprint density at radius 3 is 2.42 bits per heavy atom. The lowest BCUT2D eigenvalue weighted by Crippen LogP contribution is -2.68. The van der Waals surface area contributed by atoms with Gasteiger partial charge in [-0.2, -0.15) is 0 Å². The highest BCUT2D eigenvalue weighted by Crippen LogP contribution is 2.35. The van der Waals surface area contributed by atoms with Gasteiger partial charge in [-0.1, -0.05) is 27.2 Å². The summed E-state index contributed by atoms with van der Waals surface area (Å²) in [5.41, 5.74) is 4.91. The maximum Gasteiger partial charge on any atom is 0.251 e. The van der Waals surface area contributed by atoms with Gasteiger partial charge in [-0.25, -0.2) is 0 Å². The van der Waals surface area contributed by atoms with E-state index in [4.69, 9.17) is 24.7 Å². The van der Waals surface area contributed by atoms with Crippen molar-refractivity contribution >= 4 is 5.91 Å². The van der Waals surface area contributed by atoms with Gasteiger partial charge in [0, 0.05) is 0 Å². The molecule has 14 atom stereocenters. The van der Waals surface area contributed by atoms with E-state index in [1.165, 1.54) is 6.92 Å². The summed E-state index contributed by atoms with van der Waals surface area (Å²) in [4.78, 5) is 12.9. The van der Waals surface area contributed by atoms with Crippen molar-refractivity contribution in [3.05, 3.63) is 0 Å². The average molecular weight is 578 g/mol. The van der Waals surface area contributed by atoms with Crippen LogP contribution in [0.5, 0.6) is 0 Å². The lowest BCUT2D eigenvalue weighted by atomic mass is 9.79. The molecule has 0 aromatic carbocycles. The average Bonchev–Trinajstić information content (AvgIpc) is 2.90. The number of carbonyl (C=O) groups excluding carboxylic acids is 1. The van der Waals surface area contributed by atoms with Crippen molar-refractivity contribution in [3.8, 4) is 0 Å². The summed E-state index contributed by atoms with van der Waals surface area (Å²) in [6, 6.07) is -2.00. The van der Waals surface area contributed by atoms with Crippen LogP contribution in [-0.2, 0) is 23.7 Å². The van der Waals surface area contributed by atoms with Gasteiger partial charge in [-0.3, -0.25) is 4.79 Å². The highest BCUT2D eigenvalue weighted by Gasteiger charge is 2.51. The summed E-state index contributed by atoms with van der Waals surface area (Å²) in [6.07, 6.45) is -6.02. The highest BCUT2D eigenvalue weighted by molar-refractivity contribution is 5.81. The number of hydrogen-bond donors (Lipinski definition) is 8. The van der Waals surface area contributed by atoms with Gasteiger partial charge in [0.25, 0.3) is 5.91 Å². The Hall–Kier alpha value is -0.970. The molecule has 13 heteroatoms. The molecule has 13 nitrogen and oxygen atoms in total. The van der Waals surface area contributed by atoms with Crippen molar-refractivity contribution in [1.29, 1.82) is 0 Å². The molecule has 0 radical (unpaired) electrons. The van der Waals surface area contributed by atoms with Crippen LogP contribution in [0.1, 0.15) is 66.2 Å². The van der Waals surface area contributed by atoms with Crippen LogP contribution in [0, 0.1) is 5.92 Å². The lowest BCUT2D eigenvalue weighted by Gasteiger charge is -2.49. The molecular formula is C27H51N3O10. The second kappa shape index (κ2) is 14.5. The van der Waals surface area contributed by atoms with E-state index in [-0.39, 0.29) is 37.5 Å². The van der Waals surface area contributed by atoms with Crippen molar-refractivity contribution in [2.75, 3.05) is 13.7 Å². The van der Waals surface area contributed by atoms with E-state index < -0.39 is 72.8 Å². The molecule has 2 saturated heterocycles. The first-order chi connectivity index (χ1) is 18.8. The number of amides is 1. The van der Waals surface area contributed by atoms with Crippen LogP contribution in [-0.4, -0.2) is 124 Å². The molecule has 2 heterocycles. The topological polar surface area (TPSA) is 205 Å². The van der Waals surface area contributed by atoms with E-state index in [9.17, 15) is 30.3 Å². The SMILES string of the molecule is CCC[C@H](O)[C@H](O)C(=O)N[C@@H]1C[C@H](C)C(O[C@H]2O[C@H](CC)CCC2N)C(O)C1O[C@H]1OCC(C)(O)[C@H](NC)C1O. The summed E-state index contributed by atoms with van der Waals surface area (Å²) in [5, 5.41) is 59.3. The van der Waals surface area contributed by atoms with Gasteiger partial charge in [0.05, 0.1) is 43.0 Å². The maximum atomic E-state index is 12.9. The van der Waals surface area contributed by atoms with Gasteiger partial charge in [-0.05, 0) is 52.0 Å². The van der Waals surface area contributed by atoms with E-state index in [1.807, 2.05) is 20.8 Å². The molecule has 0 bridgehead atoms. The third-order valence-corrected chi connectivity index (χ3v) is 8.48. The molecular weight excluding hydrogens is 526 g/mol. The molecule has 1 saturated carbocycles. The number of aliphatic hydroxyl groups is 5. The number of aliphatic hydroxyl groups excluding tert-OH is 4. The molecule has 234 valence electrons. The molecule has 1 aliphatic carbocycles. The first-order valence-corrected chi connectivity index (χ1v) is 14.6.